The molecule has 0 aliphatic heterocycles. The van der Waals surface area contributed by atoms with Crippen molar-refractivity contribution in [1.29, 1.82) is 0 Å². The van der Waals surface area contributed by atoms with Crippen LogP contribution < -0.4 is 19.0 Å². The molecule has 30 heavy (non-hydrogen) atoms. The van der Waals surface area contributed by atoms with E-state index in [2.05, 4.69) is 126 Å². The topological polar surface area (TPSA) is 48.1 Å². The molecule has 0 aliphatic carbocycles. The molecule has 0 fully saturated rings. The summed E-state index contributed by atoms with van der Waals surface area (Å²) in [7, 11) is 3.22. The van der Waals surface area contributed by atoms with Gasteiger partial charge in [0.05, 0.1) is 28.2 Å². The lowest BCUT2D eigenvalue weighted by Gasteiger charge is -2.46. The van der Waals surface area contributed by atoms with Gasteiger partial charge >= 0.3 is 0 Å². The maximum absolute atomic E-state index is 4.08. The zero-order valence-electron chi connectivity index (χ0n) is 23.2. The largest absolute Gasteiger partial charge is 0.285 e. The van der Waals surface area contributed by atoms with Gasteiger partial charge in [-0.3, -0.25) is 27.5 Å². The Hall–Kier alpha value is 1.49. The highest BCUT2D eigenvalue weighted by molar-refractivity contribution is 7.53. The molecule has 0 saturated carbocycles. The van der Waals surface area contributed by atoms with Gasteiger partial charge in [-0.2, -0.15) is 0 Å². The smallest absolute Gasteiger partial charge is 0.251 e. The second kappa shape index (κ2) is 10.8. The van der Waals surface area contributed by atoms with Crippen LogP contribution in [0.25, 0.3) is 0 Å². The van der Waals surface area contributed by atoms with Gasteiger partial charge in [0.1, 0.15) is 46.0 Å². The Morgan fingerprint density at radius 3 is 0.733 bits per heavy atom. The highest BCUT2D eigenvalue weighted by atomic mass is 31.2. The summed E-state index contributed by atoms with van der Waals surface area (Å²) in [5.74, 6) is 0. The quantitative estimate of drug-likeness (QED) is 0.193. The van der Waals surface area contributed by atoms with Crippen molar-refractivity contribution in [2.75, 3.05) is 41.3 Å². The van der Waals surface area contributed by atoms with Crippen molar-refractivity contribution in [3.05, 3.63) is 0 Å². The van der Waals surface area contributed by atoms with Gasteiger partial charge in [0.15, 0.2) is 0 Å². The molecule has 0 aliphatic rings. The molecule has 0 unspecified atom stereocenters. The van der Waals surface area contributed by atoms with Gasteiger partial charge in [-0.1, -0.05) is 78.6 Å². The fourth-order valence-electron chi connectivity index (χ4n) is 2.56. The normalized spacial score (nSPS) is 15.4. The molecule has 0 heterocycles. The Morgan fingerprint density at radius 1 is 0.433 bits per heavy atom. The molecule has 0 spiro atoms. The third-order valence-electron chi connectivity index (χ3n) is 4.04. The maximum atomic E-state index is 4.08. The molecule has 0 radical (unpaired) electrons. The van der Waals surface area contributed by atoms with Gasteiger partial charge in [0, 0.05) is 0 Å². The second-order valence-corrected chi connectivity index (χ2v) is 38.8. The Kier molecular flexibility index (Phi) is 11.4. The first-order chi connectivity index (χ1) is 12.8. The van der Waals surface area contributed by atoms with Crippen LogP contribution in [0.1, 0.15) is 0 Å². The molecule has 0 rings (SSSR count). The van der Waals surface area contributed by atoms with Crippen LogP contribution in [0.2, 0.25) is 78.6 Å². The van der Waals surface area contributed by atoms with E-state index >= 15 is 0 Å². The molecule has 0 aromatic carbocycles. The fraction of sp³-hybridized carbons (Fsp3) is 1.00. The molecule has 0 atom stereocenters. The molecular formula is C18H56N6P2Si4+2. The molecule has 0 aromatic heterocycles. The van der Waals surface area contributed by atoms with Crippen molar-refractivity contribution in [3.8, 4) is 0 Å². The van der Waals surface area contributed by atoms with Crippen LogP contribution in [-0.4, -0.2) is 82.7 Å². The molecule has 0 saturated heterocycles. The van der Waals surface area contributed by atoms with E-state index in [-0.39, 0.29) is 0 Å². The lowest BCUT2D eigenvalue weighted by Crippen LogP contribution is -2.59. The van der Waals surface area contributed by atoms with Crippen LogP contribution in [0.3, 0.4) is 0 Å². The third kappa shape index (κ3) is 14.6. The molecule has 0 bridgehead atoms. The van der Waals surface area contributed by atoms with Crippen molar-refractivity contribution >= 4 is 49.7 Å². The van der Waals surface area contributed by atoms with E-state index in [1.807, 2.05) is 0 Å². The predicted molar refractivity (Wildman–Crippen MR) is 154 cm³/mol. The molecule has 4 N–H and O–H groups in total. The zero-order valence-corrected chi connectivity index (χ0v) is 29.0. The highest BCUT2D eigenvalue weighted by Gasteiger charge is 2.42. The maximum Gasteiger partial charge on any atom is 0.251 e. The van der Waals surface area contributed by atoms with Crippen LogP contribution in [0.5, 0.6) is 0 Å². The summed E-state index contributed by atoms with van der Waals surface area (Å²) in [5.41, 5.74) is 0. The lowest BCUT2D eigenvalue weighted by molar-refractivity contribution is -0.827. The number of hydrogen-bond donors (Lipinski definition) is 4. The van der Waals surface area contributed by atoms with E-state index in [1.54, 1.807) is 0 Å². The highest BCUT2D eigenvalue weighted by Crippen LogP contribution is 2.43. The predicted octanol–water partition coefficient (Wildman–Crippen LogP) is 5.29. The van der Waals surface area contributed by atoms with Gasteiger partial charge in [0.25, 0.3) is 16.7 Å². The average molecular weight is 531 g/mol. The minimum atomic E-state index is -1.38. The molecule has 6 nitrogen and oxygen atoms in total. The van der Waals surface area contributed by atoms with E-state index in [4.69, 9.17) is 0 Å². The summed E-state index contributed by atoms with van der Waals surface area (Å²) in [6, 6.07) is 0. The first kappa shape index (κ1) is 31.5. The number of nitrogens with zero attached hydrogens (tertiary/aromatic N) is 2. The van der Waals surface area contributed by atoms with E-state index in [0.717, 1.165) is 21.6 Å². The molecule has 12 heteroatoms. The molecule has 0 aromatic rings. The number of rotatable bonds is 13. The summed E-state index contributed by atoms with van der Waals surface area (Å²) in [5, 5.41) is 0. The summed E-state index contributed by atoms with van der Waals surface area (Å²) < 4.78 is 18.3. The summed E-state index contributed by atoms with van der Waals surface area (Å²) >= 11 is 0. The second-order valence-electron chi connectivity index (χ2n) is 13.8. The van der Waals surface area contributed by atoms with Gasteiger partial charge < -0.3 is 0 Å². The van der Waals surface area contributed by atoms with Gasteiger partial charge in [-0.15, -0.1) is 0 Å². The van der Waals surface area contributed by atoms with Gasteiger partial charge in [-0.05, 0) is 0 Å². The van der Waals surface area contributed by atoms with Crippen molar-refractivity contribution in [2.24, 2.45) is 0 Å². The standard InChI is InChI=1S/C18H56N6P2Si4/c1-23(2,25(19-27(5,6)7)20-28(8,9)10)17-18-24(3,4)26(21-29(11,12)13)22-30(14,15)16/h19-22H,17-18H2,1-16H3/q+2. The number of likely N-dealkylation sites (N-methyl/N-ethyl adjacent to an activating group) is 2. The van der Waals surface area contributed by atoms with Crippen molar-refractivity contribution in [1.82, 2.24) is 19.0 Å². The average Bonchev–Trinajstić information content (AvgIpc) is 2.38. The summed E-state index contributed by atoms with van der Waals surface area (Å²) in [6.45, 7) is 31.4. The Labute approximate surface area is 196 Å². The Bertz CT molecular complexity index is 457. The van der Waals surface area contributed by atoms with Crippen LogP contribution in [0, 0.1) is 0 Å². The first-order valence-corrected chi connectivity index (χ1v) is 27.8. The van der Waals surface area contributed by atoms with Crippen LogP contribution >= 0.6 is 16.7 Å². The zero-order chi connectivity index (χ0) is 24.4. The van der Waals surface area contributed by atoms with Gasteiger partial charge in [0.2, 0.25) is 0 Å². The number of hydrogen-bond acceptors (Lipinski definition) is 4. The fourth-order valence-corrected chi connectivity index (χ4v) is 19.1. The van der Waals surface area contributed by atoms with E-state index in [0.29, 0.717) is 0 Å². The summed E-state index contributed by atoms with van der Waals surface area (Å²) in [4.78, 5) is 0. The minimum Gasteiger partial charge on any atom is -0.285 e. The molecule has 0 amide bonds. The lowest BCUT2D eigenvalue weighted by atomic mass is 10.5. The van der Waals surface area contributed by atoms with E-state index in [9.17, 15) is 0 Å². The summed E-state index contributed by atoms with van der Waals surface area (Å²) in [6.07, 6.45) is 0. The Balaban J connectivity index is 5.58. The monoisotopic (exact) mass is 530 g/mol. The van der Waals surface area contributed by atoms with Crippen molar-refractivity contribution in [2.45, 2.75) is 78.6 Å². The number of nitrogens with one attached hydrogen (secondary N) is 4. The third-order valence-corrected chi connectivity index (χ3v) is 20.7. The minimum absolute atomic E-state index is 0.471. The van der Waals surface area contributed by atoms with E-state index in [1.165, 1.54) is 0 Å². The van der Waals surface area contributed by atoms with Crippen LogP contribution in [0.4, 0.5) is 0 Å². The molecule has 182 valence electrons. The van der Waals surface area contributed by atoms with Gasteiger partial charge in [-0.25, -0.2) is 0 Å². The Morgan fingerprint density at radius 2 is 0.600 bits per heavy atom. The van der Waals surface area contributed by atoms with Crippen LogP contribution in [-0.2, 0) is 0 Å². The SMILES string of the molecule is C[N+](C)(CC[N+](C)(C)P(N[Si](C)(C)C)N[Si](C)(C)C)P(N[Si](C)(C)C)N[Si](C)(C)C. The first-order valence-electron chi connectivity index (χ1n) is 11.2. The van der Waals surface area contributed by atoms with Crippen molar-refractivity contribution < 1.29 is 8.51 Å². The van der Waals surface area contributed by atoms with Crippen molar-refractivity contribution in [3.63, 3.8) is 0 Å². The van der Waals surface area contributed by atoms with Crippen LogP contribution in [0.15, 0.2) is 0 Å². The van der Waals surface area contributed by atoms with E-state index < -0.39 is 49.7 Å². The number of quaternary nitrogens is 2. The molecular weight excluding hydrogens is 475 g/mol.